The molecule has 0 atom stereocenters. The molecule has 0 fully saturated rings. The Morgan fingerprint density at radius 3 is 2.63 bits per heavy atom. The van der Waals surface area contributed by atoms with Gasteiger partial charge in [0.25, 0.3) is 0 Å². The summed E-state index contributed by atoms with van der Waals surface area (Å²) in [5, 5.41) is 3.20. The fourth-order valence-corrected chi connectivity index (χ4v) is 3.22. The summed E-state index contributed by atoms with van der Waals surface area (Å²) in [6.07, 6.45) is 0. The van der Waals surface area contributed by atoms with E-state index in [1.165, 1.54) is 21.0 Å². The molecule has 0 bridgehead atoms. The van der Waals surface area contributed by atoms with Crippen LogP contribution in [0.2, 0.25) is 0 Å². The maximum absolute atomic E-state index is 3.20. The molecule has 1 N–H and O–H groups in total. The number of anilines is 1. The number of nitrogens with zero attached hydrogens (tertiary/aromatic N) is 1. The fraction of sp³-hybridized carbons (Fsp3) is 0.375. The van der Waals surface area contributed by atoms with Crippen molar-refractivity contribution in [3.63, 3.8) is 0 Å². The Balaban J connectivity index is 2.09. The predicted octanol–water partition coefficient (Wildman–Crippen LogP) is 3.80. The first kappa shape index (κ1) is 14.1. The molecule has 0 amide bonds. The minimum atomic E-state index is 0.960. The Labute approximate surface area is 120 Å². The molecule has 2 rings (SSSR count). The zero-order valence-electron chi connectivity index (χ0n) is 11.9. The van der Waals surface area contributed by atoms with E-state index in [-0.39, 0.29) is 0 Å². The van der Waals surface area contributed by atoms with Gasteiger partial charge in [0.05, 0.1) is 6.54 Å². The van der Waals surface area contributed by atoms with E-state index in [0.29, 0.717) is 0 Å². The van der Waals surface area contributed by atoms with Gasteiger partial charge < -0.3 is 10.2 Å². The van der Waals surface area contributed by atoms with Gasteiger partial charge >= 0.3 is 0 Å². The van der Waals surface area contributed by atoms with Crippen molar-refractivity contribution in [2.24, 2.45) is 0 Å². The van der Waals surface area contributed by atoms with Gasteiger partial charge in [-0.15, -0.1) is 11.3 Å². The average Bonchev–Trinajstić information content (AvgIpc) is 2.84. The largest absolute Gasteiger partial charge is 0.367 e. The number of nitrogens with one attached hydrogen (secondary N) is 1. The molecular formula is C16H22N2S. The topological polar surface area (TPSA) is 15.3 Å². The van der Waals surface area contributed by atoms with Crippen LogP contribution >= 0.6 is 11.3 Å². The number of hydrogen-bond acceptors (Lipinski definition) is 3. The molecule has 0 spiro atoms. The summed E-state index contributed by atoms with van der Waals surface area (Å²) < 4.78 is 0. The highest BCUT2D eigenvalue weighted by atomic mass is 32.1. The molecule has 0 saturated heterocycles. The molecule has 3 heteroatoms. The van der Waals surface area contributed by atoms with Gasteiger partial charge in [-0.1, -0.05) is 12.1 Å². The smallest absolute Gasteiger partial charge is 0.0522 e. The zero-order chi connectivity index (χ0) is 13.7. The molecule has 19 heavy (non-hydrogen) atoms. The standard InChI is InChI=1S/C16H22N2S/c1-4-18(14-7-5-6-13(2)10-14)12-16-9-8-15(19-16)11-17-3/h5-10,17H,4,11-12H2,1-3H3. The van der Waals surface area contributed by atoms with E-state index in [4.69, 9.17) is 0 Å². The predicted molar refractivity (Wildman–Crippen MR) is 85.0 cm³/mol. The van der Waals surface area contributed by atoms with Gasteiger partial charge in [-0.05, 0) is 50.7 Å². The lowest BCUT2D eigenvalue weighted by Crippen LogP contribution is -2.21. The summed E-state index contributed by atoms with van der Waals surface area (Å²) in [5.41, 5.74) is 2.63. The van der Waals surface area contributed by atoms with Crippen LogP contribution in [0, 0.1) is 6.92 Å². The summed E-state index contributed by atoms with van der Waals surface area (Å²) in [5.74, 6) is 0. The molecule has 2 aromatic rings. The molecule has 0 saturated carbocycles. The SMILES string of the molecule is CCN(Cc1ccc(CNC)s1)c1cccc(C)c1. The van der Waals surface area contributed by atoms with Crippen LogP contribution in [0.1, 0.15) is 22.2 Å². The lowest BCUT2D eigenvalue weighted by atomic mass is 10.2. The van der Waals surface area contributed by atoms with Crippen LogP contribution in [0.4, 0.5) is 5.69 Å². The van der Waals surface area contributed by atoms with Crippen molar-refractivity contribution in [2.75, 3.05) is 18.5 Å². The van der Waals surface area contributed by atoms with Crippen LogP contribution in [0.5, 0.6) is 0 Å². The van der Waals surface area contributed by atoms with Crippen LogP contribution in [-0.4, -0.2) is 13.6 Å². The summed E-state index contributed by atoms with van der Waals surface area (Å²) in [6.45, 7) is 7.34. The van der Waals surface area contributed by atoms with E-state index in [2.05, 4.69) is 60.5 Å². The van der Waals surface area contributed by atoms with E-state index in [1.54, 1.807) is 0 Å². The molecule has 1 aromatic carbocycles. The number of thiophene rings is 1. The van der Waals surface area contributed by atoms with Crippen molar-refractivity contribution in [2.45, 2.75) is 26.9 Å². The van der Waals surface area contributed by atoms with E-state index in [9.17, 15) is 0 Å². The summed E-state index contributed by atoms with van der Waals surface area (Å²) in [6, 6.07) is 13.2. The second-order valence-electron chi connectivity index (χ2n) is 4.75. The lowest BCUT2D eigenvalue weighted by molar-refractivity contribution is 0.831. The number of rotatable bonds is 6. The Morgan fingerprint density at radius 2 is 1.95 bits per heavy atom. The minimum Gasteiger partial charge on any atom is -0.367 e. The highest BCUT2D eigenvalue weighted by Crippen LogP contribution is 2.22. The monoisotopic (exact) mass is 274 g/mol. The quantitative estimate of drug-likeness (QED) is 0.862. The molecule has 1 heterocycles. The third-order valence-electron chi connectivity index (χ3n) is 3.16. The minimum absolute atomic E-state index is 0.960. The Hall–Kier alpha value is -1.32. The van der Waals surface area contributed by atoms with Crippen molar-refractivity contribution < 1.29 is 0 Å². The van der Waals surface area contributed by atoms with Gasteiger partial charge in [0.1, 0.15) is 0 Å². The summed E-state index contributed by atoms with van der Waals surface area (Å²) in [4.78, 5) is 5.24. The van der Waals surface area contributed by atoms with Gasteiger partial charge in [0.15, 0.2) is 0 Å². The van der Waals surface area contributed by atoms with Gasteiger partial charge in [-0.25, -0.2) is 0 Å². The normalized spacial score (nSPS) is 10.7. The van der Waals surface area contributed by atoms with Crippen molar-refractivity contribution in [1.29, 1.82) is 0 Å². The number of aryl methyl sites for hydroxylation is 1. The van der Waals surface area contributed by atoms with E-state index >= 15 is 0 Å². The zero-order valence-corrected chi connectivity index (χ0v) is 12.8. The molecule has 0 radical (unpaired) electrons. The highest BCUT2D eigenvalue weighted by Gasteiger charge is 2.07. The molecule has 102 valence electrons. The maximum Gasteiger partial charge on any atom is 0.0522 e. The maximum atomic E-state index is 3.20. The third-order valence-corrected chi connectivity index (χ3v) is 4.23. The molecule has 0 unspecified atom stereocenters. The van der Waals surface area contributed by atoms with Gasteiger partial charge in [0, 0.05) is 28.5 Å². The van der Waals surface area contributed by atoms with Crippen LogP contribution < -0.4 is 10.2 Å². The Bertz CT molecular complexity index is 519. The van der Waals surface area contributed by atoms with E-state index in [0.717, 1.165) is 19.6 Å². The molecule has 2 nitrogen and oxygen atoms in total. The first-order valence-electron chi connectivity index (χ1n) is 6.76. The average molecular weight is 274 g/mol. The summed E-state index contributed by atoms with van der Waals surface area (Å²) >= 11 is 1.90. The molecular weight excluding hydrogens is 252 g/mol. The summed E-state index contributed by atoms with van der Waals surface area (Å²) in [7, 11) is 1.99. The van der Waals surface area contributed by atoms with E-state index in [1.807, 2.05) is 18.4 Å². The lowest BCUT2D eigenvalue weighted by Gasteiger charge is -2.22. The molecule has 0 aliphatic carbocycles. The Kier molecular flexibility index (Phi) is 5.00. The van der Waals surface area contributed by atoms with Crippen molar-refractivity contribution in [3.05, 3.63) is 51.7 Å². The number of benzene rings is 1. The van der Waals surface area contributed by atoms with Gasteiger partial charge in [0.2, 0.25) is 0 Å². The van der Waals surface area contributed by atoms with Gasteiger partial charge in [-0.3, -0.25) is 0 Å². The van der Waals surface area contributed by atoms with Crippen LogP contribution in [0.3, 0.4) is 0 Å². The molecule has 1 aromatic heterocycles. The van der Waals surface area contributed by atoms with E-state index < -0.39 is 0 Å². The van der Waals surface area contributed by atoms with Crippen LogP contribution in [0.15, 0.2) is 36.4 Å². The third kappa shape index (κ3) is 3.82. The molecule has 0 aliphatic heterocycles. The highest BCUT2D eigenvalue weighted by molar-refractivity contribution is 7.12. The first-order chi connectivity index (χ1) is 9.22. The van der Waals surface area contributed by atoms with Gasteiger partial charge in [-0.2, -0.15) is 0 Å². The van der Waals surface area contributed by atoms with Crippen LogP contribution in [0.25, 0.3) is 0 Å². The molecule has 0 aliphatic rings. The second kappa shape index (κ2) is 6.73. The second-order valence-corrected chi connectivity index (χ2v) is 6.00. The van der Waals surface area contributed by atoms with Crippen molar-refractivity contribution in [3.8, 4) is 0 Å². The van der Waals surface area contributed by atoms with Crippen molar-refractivity contribution in [1.82, 2.24) is 5.32 Å². The van der Waals surface area contributed by atoms with Crippen molar-refractivity contribution >= 4 is 17.0 Å². The van der Waals surface area contributed by atoms with Crippen LogP contribution in [-0.2, 0) is 13.1 Å². The number of hydrogen-bond donors (Lipinski definition) is 1. The Morgan fingerprint density at radius 1 is 1.16 bits per heavy atom. The fourth-order valence-electron chi connectivity index (χ4n) is 2.17. The first-order valence-corrected chi connectivity index (χ1v) is 7.58.